The fourth-order valence-electron chi connectivity index (χ4n) is 4.22. The minimum atomic E-state index is -0.319. The van der Waals surface area contributed by atoms with Crippen molar-refractivity contribution >= 4 is 34.8 Å². The zero-order valence-corrected chi connectivity index (χ0v) is 21.4. The van der Waals surface area contributed by atoms with E-state index in [4.69, 9.17) is 34.8 Å². The molecular formula is C29H25Cl3O2. The summed E-state index contributed by atoms with van der Waals surface area (Å²) in [7, 11) is 0. The molecule has 4 aromatic carbocycles. The number of aromatic hydroxyl groups is 2. The van der Waals surface area contributed by atoms with Gasteiger partial charge in [-0.25, -0.2) is 0 Å². The van der Waals surface area contributed by atoms with Crippen LogP contribution in [0.5, 0.6) is 11.5 Å². The Kier molecular flexibility index (Phi) is 6.87. The molecule has 0 aliphatic heterocycles. The lowest BCUT2D eigenvalue weighted by molar-refractivity contribution is 0.474. The van der Waals surface area contributed by atoms with Gasteiger partial charge in [-0.05, 0) is 70.6 Å². The molecule has 0 bridgehead atoms. The number of phenolic OH excluding ortho intramolecular Hbond substituents is 2. The Morgan fingerprint density at radius 3 is 1.62 bits per heavy atom. The number of aryl methyl sites for hydroxylation is 1. The molecule has 2 N–H and O–H groups in total. The molecule has 1 unspecified atom stereocenters. The average Bonchev–Trinajstić information content (AvgIpc) is 2.81. The molecule has 0 aliphatic carbocycles. The van der Waals surface area contributed by atoms with E-state index in [0.717, 1.165) is 33.4 Å². The molecule has 0 spiro atoms. The van der Waals surface area contributed by atoms with E-state index in [2.05, 4.69) is 44.2 Å². The van der Waals surface area contributed by atoms with Crippen molar-refractivity contribution in [3.63, 3.8) is 0 Å². The standard InChI is InChI=1S/C29H25Cl3O2/c1-17-4-5-19(14-23(17)30)28(20-8-12-26(33)24(31)15-20)18-6-9-21(10-7-18)29(2,3)22-11-13-27(34)25(32)16-22/h4-16,28,33-34H,1-3H3. The van der Waals surface area contributed by atoms with Gasteiger partial charge >= 0.3 is 0 Å². The second-order valence-electron chi connectivity index (χ2n) is 9.07. The van der Waals surface area contributed by atoms with E-state index in [0.29, 0.717) is 15.1 Å². The second kappa shape index (κ2) is 9.54. The zero-order valence-electron chi connectivity index (χ0n) is 19.1. The summed E-state index contributed by atoms with van der Waals surface area (Å²) >= 11 is 18.9. The van der Waals surface area contributed by atoms with E-state index in [-0.39, 0.29) is 22.8 Å². The van der Waals surface area contributed by atoms with Crippen LogP contribution < -0.4 is 0 Å². The van der Waals surface area contributed by atoms with Gasteiger partial charge < -0.3 is 10.2 Å². The van der Waals surface area contributed by atoms with Crippen LogP contribution in [-0.2, 0) is 5.41 Å². The highest BCUT2D eigenvalue weighted by Crippen LogP contribution is 2.39. The fraction of sp³-hybridized carbons (Fsp3) is 0.172. The van der Waals surface area contributed by atoms with Gasteiger partial charge in [0.05, 0.1) is 10.0 Å². The van der Waals surface area contributed by atoms with E-state index in [1.807, 2.05) is 31.2 Å². The second-order valence-corrected chi connectivity index (χ2v) is 10.3. The van der Waals surface area contributed by atoms with Crippen molar-refractivity contribution in [1.29, 1.82) is 0 Å². The predicted octanol–water partition coefficient (Wildman–Crippen LogP) is 8.87. The highest BCUT2D eigenvalue weighted by atomic mass is 35.5. The van der Waals surface area contributed by atoms with Gasteiger partial charge in [0.15, 0.2) is 0 Å². The summed E-state index contributed by atoms with van der Waals surface area (Å²) < 4.78 is 0. The number of hydrogen-bond donors (Lipinski definition) is 2. The van der Waals surface area contributed by atoms with Crippen molar-refractivity contribution in [3.8, 4) is 11.5 Å². The largest absolute Gasteiger partial charge is 0.506 e. The molecule has 0 amide bonds. The number of benzene rings is 4. The van der Waals surface area contributed by atoms with Gasteiger partial charge in [-0.15, -0.1) is 0 Å². The lowest BCUT2D eigenvalue weighted by Gasteiger charge is -2.27. The zero-order chi connectivity index (χ0) is 24.6. The Morgan fingerprint density at radius 2 is 1.06 bits per heavy atom. The van der Waals surface area contributed by atoms with Gasteiger partial charge in [0.1, 0.15) is 11.5 Å². The predicted molar refractivity (Wildman–Crippen MR) is 142 cm³/mol. The number of phenols is 2. The number of hydrogen-bond acceptors (Lipinski definition) is 2. The Bertz CT molecular complexity index is 1290. The molecule has 5 heteroatoms. The number of halogens is 3. The summed E-state index contributed by atoms with van der Waals surface area (Å²) in [5.74, 6) is 0.0102. The van der Waals surface area contributed by atoms with Crippen molar-refractivity contribution in [2.24, 2.45) is 0 Å². The molecule has 0 fully saturated rings. The Labute approximate surface area is 215 Å². The van der Waals surface area contributed by atoms with Crippen LogP contribution in [0.4, 0.5) is 0 Å². The summed E-state index contributed by atoms with van der Waals surface area (Å²) in [6.07, 6.45) is 0. The normalized spacial score (nSPS) is 12.5. The van der Waals surface area contributed by atoms with Gasteiger partial charge in [-0.3, -0.25) is 0 Å². The molecule has 2 nitrogen and oxygen atoms in total. The van der Waals surface area contributed by atoms with Crippen LogP contribution in [0.2, 0.25) is 15.1 Å². The Hall–Kier alpha value is -2.65. The maximum absolute atomic E-state index is 9.94. The summed E-state index contributed by atoms with van der Waals surface area (Å²) in [6, 6.07) is 25.1. The SMILES string of the molecule is Cc1ccc(C(c2ccc(C(C)(C)c3ccc(O)c(Cl)c3)cc2)c2ccc(O)c(Cl)c2)cc1Cl. The van der Waals surface area contributed by atoms with Crippen LogP contribution in [0.25, 0.3) is 0 Å². The van der Waals surface area contributed by atoms with Crippen molar-refractivity contribution in [2.75, 3.05) is 0 Å². The van der Waals surface area contributed by atoms with Crippen molar-refractivity contribution < 1.29 is 10.2 Å². The van der Waals surface area contributed by atoms with Gasteiger partial charge in [0.25, 0.3) is 0 Å². The molecule has 0 radical (unpaired) electrons. The van der Waals surface area contributed by atoms with Crippen LogP contribution in [-0.4, -0.2) is 10.2 Å². The maximum atomic E-state index is 9.94. The number of rotatable bonds is 5. The van der Waals surface area contributed by atoms with Gasteiger partial charge in [0, 0.05) is 16.4 Å². The summed E-state index contributed by atoms with van der Waals surface area (Å²) in [4.78, 5) is 0. The topological polar surface area (TPSA) is 40.5 Å². The highest BCUT2D eigenvalue weighted by molar-refractivity contribution is 6.32. The summed E-state index contributed by atoms with van der Waals surface area (Å²) in [5, 5.41) is 21.1. The van der Waals surface area contributed by atoms with E-state index in [9.17, 15) is 10.2 Å². The van der Waals surface area contributed by atoms with Gasteiger partial charge in [-0.2, -0.15) is 0 Å². The molecule has 0 saturated carbocycles. The molecule has 4 aromatic rings. The molecule has 1 atom stereocenters. The van der Waals surface area contributed by atoms with Crippen LogP contribution in [0, 0.1) is 6.92 Å². The van der Waals surface area contributed by atoms with E-state index in [1.54, 1.807) is 24.3 Å². The molecule has 0 aromatic heterocycles. The van der Waals surface area contributed by atoms with Gasteiger partial charge in [0.2, 0.25) is 0 Å². The summed E-state index contributed by atoms with van der Waals surface area (Å²) in [6.45, 7) is 6.23. The van der Waals surface area contributed by atoms with Crippen LogP contribution in [0.1, 0.15) is 53.1 Å². The molecule has 0 saturated heterocycles. The van der Waals surface area contributed by atoms with E-state index >= 15 is 0 Å². The van der Waals surface area contributed by atoms with Crippen molar-refractivity contribution in [2.45, 2.75) is 32.1 Å². The first kappa shape index (κ1) is 24.5. The first-order valence-electron chi connectivity index (χ1n) is 10.9. The quantitative estimate of drug-likeness (QED) is 0.263. The lowest BCUT2D eigenvalue weighted by atomic mass is 9.77. The average molecular weight is 512 g/mol. The Balaban J connectivity index is 1.78. The minimum Gasteiger partial charge on any atom is -0.506 e. The van der Waals surface area contributed by atoms with Crippen molar-refractivity contribution in [1.82, 2.24) is 0 Å². The summed E-state index contributed by atoms with van der Waals surface area (Å²) in [5.41, 5.74) is 5.88. The monoisotopic (exact) mass is 510 g/mol. The fourth-order valence-corrected chi connectivity index (χ4v) is 4.78. The third kappa shape index (κ3) is 4.77. The third-order valence-electron chi connectivity index (χ3n) is 6.47. The third-order valence-corrected chi connectivity index (χ3v) is 7.48. The maximum Gasteiger partial charge on any atom is 0.134 e. The minimum absolute atomic E-state index is 0.0516. The smallest absolute Gasteiger partial charge is 0.134 e. The molecule has 34 heavy (non-hydrogen) atoms. The van der Waals surface area contributed by atoms with Crippen molar-refractivity contribution in [3.05, 3.63) is 127 Å². The van der Waals surface area contributed by atoms with Crippen LogP contribution in [0.15, 0.2) is 78.9 Å². The molecule has 4 rings (SSSR count). The van der Waals surface area contributed by atoms with Crippen LogP contribution >= 0.6 is 34.8 Å². The lowest BCUT2D eigenvalue weighted by Crippen LogP contribution is -2.19. The highest BCUT2D eigenvalue weighted by Gasteiger charge is 2.25. The molecule has 0 aliphatic rings. The van der Waals surface area contributed by atoms with Gasteiger partial charge in [-0.1, -0.05) is 97.2 Å². The van der Waals surface area contributed by atoms with E-state index < -0.39 is 0 Å². The molecule has 0 heterocycles. The molecule has 174 valence electrons. The van der Waals surface area contributed by atoms with Crippen LogP contribution in [0.3, 0.4) is 0 Å². The molecular weight excluding hydrogens is 487 g/mol. The first-order valence-corrected chi connectivity index (χ1v) is 12.0. The Morgan fingerprint density at radius 1 is 0.588 bits per heavy atom. The first-order chi connectivity index (χ1) is 16.1. The van der Waals surface area contributed by atoms with E-state index in [1.165, 1.54) is 0 Å².